The van der Waals surface area contributed by atoms with Crippen molar-refractivity contribution in [2.24, 2.45) is 0 Å². The maximum Gasteiger partial charge on any atom is 0.184 e. The fourth-order valence-electron chi connectivity index (χ4n) is 1.15. The summed E-state index contributed by atoms with van der Waals surface area (Å²) in [4.78, 5) is 8.61. The van der Waals surface area contributed by atoms with Crippen molar-refractivity contribution in [2.45, 2.75) is 6.92 Å². The van der Waals surface area contributed by atoms with Gasteiger partial charge in [-0.25, -0.2) is 9.97 Å². The summed E-state index contributed by atoms with van der Waals surface area (Å²) in [5.41, 5.74) is 1.48. The van der Waals surface area contributed by atoms with Crippen LogP contribution in [0.1, 0.15) is 5.69 Å². The lowest BCUT2D eigenvalue weighted by Gasteiger charge is -2.06. The number of aryl methyl sites for hydroxylation is 1. The molecule has 0 saturated carbocycles. The van der Waals surface area contributed by atoms with Gasteiger partial charge in [-0.15, -0.1) is 0 Å². The predicted octanol–water partition coefficient (Wildman–Crippen LogP) is 1.37. The van der Waals surface area contributed by atoms with E-state index in [1.807, 2.05) is 6.92 Å². The van der Waals surface area contributed by atoms with Crippen molar-refractivity contribution in [1.82, 2.24) is 25.4 Å². The van der Waals surface area contributed by atoms with Crippen molar-refractivity contribution < 1.29 is 0 Å². The highest BCUT2D eigenvalue weighted by Crippen LogP contribution is 2.25. The van der Waals surface area contributed by atoms with Gasteiger partial charge in [0.2, 0.25) is 0 Å². The molecule has 0 aliphatic carbocycles. The third-order valence-corrected chi connectivity index (χ3v) is 2.85. The molecule has 0 aromatic carbocycles. The molecule has 6 nitrogen and oxygen atoms in total. The van der Waals surface area contributed by atoms with Gasteiger partial charge in [0.05, 0.1) is 16.4 Å². The summed E-state index contributed by atoms with van der Waals surface area (Å²) in [6.45, 7) is 1.90. The first-order valence-corrected chi connectivity index (χ1v) is 5.09. The van der Waals surface area contributed by atoms with E-state index in [-0.39, 0.29) is 0 Å². The Kier molecular flexibility index (Phi) is 2.63. The molecular weight excluding hydrogens is 260 g/mol. The number of aromatic amines is 1. The zero-order valence-corrected chi connectivity index (χ0v) is 9.83. The van der Waals surface area contributed by atoms with Gasteiger partial charge in [-0.2, -0.15) is 15.4 Å². The molecule has 0 aliphatic rings. The van der Waals surface area contributed by atoms with Crippen LogP contribution in [0.2, 0.25) is 0 Å². The summed E-state index contributed by atoms with van der Waals surface area (Å²) in [6.07, 6.45) is 1.59. The first-order chi connectivity index (χ1) is 7.22. The van der Waals surface area contributed by atoms with Crippen LogP contribution in [-0.4, -0.2) is 32.4 Å². The van der Waals surface area contributed by atoms with Gasteiger partial charge in [0.15, 0.2) is 5.82 Å². The van der Waals surface area contributed by atoms with E-state index >= 15 is 0 Å². The fourth-order valence-corrected chi connectivity index (χ4v) is 1.52. The summed E-state index contributed by atoms with van der Waals surface area (Å²) in [6, 6.07) is 0. The van der Waals surface area contributed by atoms with Crippen LogP contribution in [0.15, 0.2) is 10.7 Å². The Balaban J connectivity index is 2.55. The second-order valence-electron chi connectivity index (χ2n) is 2.90. The van der Waals surface area contributed by atoms with Gasteiger partial charge in [-0.05, 0) is 22.9 Å². The van der Waals surface area contributed by atoms with Crippen LogP contribution in [0.25, 0.3) is 11.5 Å². The summed E-state index contributed by atoms with van der Waals surface area (Å²) in [7, 11) is 1.80. The molecule has 0 aliphatic heterocycles. The van der Waals surface area contributed by atoms with Gasteiger partial charge in [0.25, 0.3) is 0 Å². The van der Waals surface area contributed by atoms with Gasteiger partial charge >= 0.3 is 0 Å². The lowest BCUT2D eigenvalue weighted by Crippen LogP contribution is -2.00. The minimum Gasteiger partial charge on any atom is -0.372 e. The summed E-state index contributed by atoms with van der Waals surface area (Å²) in [5, 5.41) is 13.2. The Morgan fingerprint density at radius 2 is 2.20 bits per heavy atom. The maximum absolute atomic E-state index is 4.30. The first-order valence-electron chi connectivity index (χ1n) is 4.30. The van der Waals surface area contributed by atoms with Crippen LogP contribution in [0, 0.1) is 6.92 Å². The minimum absolute atomic E-state index is 0.550. The van der Waals surface area contributed by atoms with E-state index in [0.717, 1.165) is 16.0 Å². The van der Waals surface area contributed by atoms with E-state index in [4.69, 9.17) is 0 Å². The minimum atomic E-state index is 0.550. The number of halogens is 1. The van der Waals surface area contributed by atoms with Crippen molar-refractivity contribution in [1.29, 1.82) is 0 Å². The van der Waals surface area contributed by atoms with E-state index in [1.165, 1.54) is 0 Å². The normalized spacial score (nSPS) is 10.3. The van der Waals surface area contributed by atoms with Crippen LogP contribution < -0.4 is 5.32 Å². The number of hydrogen-bond donors (Lipinski definition) is 2. The van der Waals surface area contributed by atoms with Gasteiger partial charge < -0.3 is 5.32 Å². The van der Waals surface area contributed by atoms with Crippen LogP contribution in [0.5, 0.6) is 0 Å². The second kappa shape index (κ2) is 3.93. The zero-order valence-electron chi connectivity index (χ0n) is 8.24. The highest BCUT2D eigenvalue weighted by atomic mass is 79.9. The van der Waals surface area contributed by atoms with Crippen molar-refractivity contribution in [3.8, 4) is 11.5 Å². The molecule has 0 atom stereocenters. The van der Waals surface area contributed by atoms with E-state index in [2.05, 4.69) is 46.6 Å². The van der Waals surface area contributed by atoms with Gasteiger partial charge in [-0.3, -0.25) is 0 Å². The molecule has 2 aromatic heterocycles. The number of aromatic nitrogens is 5. The Hall–Kier alpha value is -1.50. The standard InChI is InChI=1S/C8H9BrN6/c1-4-6(9)8(10-2)13-7(12-4)5-3-11-15-14-5/h3H,1-2H3,(H,10,12,13)(H,11,14,15). The maximum atomic E-state index is 4.30. The molecule has 2 rings (SSSR count). The molecule has 0 unspecified atom stereocenters. The van der Waals surface area contributed by atoms with Crippen molar-refractivity contribution in [2.75, 3.05) is 12.4 Å². The quantitative estimate of drug-likeness (QED) is 0.860. The Morgan fingerprint density at radius 1 is 1.40 bits per heavy atom. The summed E-state index contributed by atoms with van der Waals surface area (Å²) in [5.74, 6) is 1.29. The smallest absolute Gasteiger partial charge is 0.184 e. The van der Waals surface area contributed by atoms with E-state index < -0.39 is 0 Å². The molecule has 0 amide bonds. The van der Waals surface area contributed by atoms with Crippen molar-refractivity contribution >= 4 is 21.7 Å². The van der Waals surface area contributed by atoms with Gasteiger partial charge in [-0.1, -0.05) is 0 Å². The molecule has 78 valence electrons. The highest BCUT2D eigenvalue weighted by Gasteiger charge is 2.11. The third kappa shape index (κ3) is 1.82. The lowest BCUT2D eigenvalue weighted by atomic mass is 10.3. The molecule has 2 heterocycles. The fraction of sp³-hybridized carbons (Fsp3) is 0.250. The van der Waals surface area contributed by atoms with Crippen LogP contribution in [0.4, 0.5) is 5.82 Å². The Labute approximate surface area is 94.7 Å². The Bertz CT molecular complexity index is 466. The number of anilines is 1. The molecule has 0 fully saturated rings. The van der Waals surface area contributed by atoms with E-state index in [1.54, 1.807) is 13.2 Å². The Morgan fingerprint density at radius 3 is 2.80 bits per heavy atom. The summed E-state index contributed by atoms with van der Waals surface area (Å²) >= 11 is 3.41. The molecule has 0 bridgehead atoms. The largest absolute Gasteiger partial charge is 0.372 e. The van der Waals surface area contributed by atoms with E-state index in [0.29, 0.717) is 11.5 Å². The van der Waals surface area contributed by atoms with Gasteiger partial charge in [0, 0.05) is 7.05 Å². The molecule has 15 heavy (non-hydrogen) atoms. The second-order valence-corrected chi connectivity index (χ2v) is 3.69. The van der Waals surface area contributed by atoms with Crippen LogP contribution in [0.3, 0.4) is 0 Å². The zero-order chi connectivity index (χ0) is 10.8. The average Bonchev–Trinajstić information content (AvgIpc) is 2.75. The molecule has 0 saturated heterocycles. The van der Waals surface area contributed by atoms with Crippen molar-refractivity contribution in [3.05, 3.63) is 16.4 Å². The molecule has 0 spiro atoms. The third-order valence-electron chi connectivity index (χ3n) is 1.90. The molecular formula is C8H9BrN6. The SMILES string of the molecule is CNc1nc(-c2cn[nH]n2)nc(C)c1Br. The predicted molar refractivity (Wildman–Crippen MR) is 59.4 cm³/mol. The number of nitrogens with one attached hydrogen (secondary N) is 2. The first kappa shape index (κ1) is 10.0. The molecule has 0 radical (unpaired) electrons. The van der Waals surface area contributed by atoms with E-state index in [9.17, 15) is 0 Å². The summed E-state index contributed by atoms with van der Waals surface area (Å²) < 4.78 is 0.859. The molecule has 2 aromatic rings. The number of H-pyrrole nitrogens is 1. The lowest BCUT2D eigenvalue weighted by molar-refractivity contribution is 0.937. The average molecular weight is 269 g/mol. The van der Waals surface area contributed by atoms with Crippen LogP contribution >= 0.6 is 15.9 Å². The topological polar surface area (TPSA) is 79.4 Å². The highest BCUT2D eigenvalue weighted by molar-refractivity contribution is 9.10. The van der Waals surface area contributed by atoms with Crippen LogP contribution in [-0.2, 0) is 0 Å². The molecule has 2 N–H and O–H groups in total. The number of rotatable bonds is 2. The van der Waals surface area contributed by atoms with Crippen molar-refractivity contribution in [3.63, 3.8) is 0 Å². The number of hydrogen-bond acceptors (Lipinski definition) is 5. The molecule has 7 heteroatoms. The van der Waals surface area contributed by atoms with Gasteiger partial charge in [0.1, 0.15) is 11.5 Å². The number of nitrogens with zero attached hydrogens (tertiary/aromatic N) is 4. The monoisotopic (exact) mass is 268 g/mol.